The molecule has 1 aromatic rings. The van der Waals surface area contributed by atoms with Crippen molar-refractivity contribution >= 4 is 21.4 Å². The summed E-state index contributed by atoms with van der Waals surface area (Å²) in [5.74, 6) is 0. The Hall–Kier alpha value is -1.78. The summed E-state index contributed by atoms with van der Waals surface area (Å²) in [6.45, 7) is 0.541. The zero-order valence-corrected chi connectivity index (χ0v) is 11.2. The molecule has 0 spiro atoms. The predicted octanol–water partition coefficient (Wildman–Crippen LogP) is 0.527. The van der Waals surface area contributed by atoms with Gasteiger partial charge in [-0.05, 0) is 25.2 Å². The average Bonchev–Trinajstić information content (AvgIpc) is 2.35. The number of nitrogen functional groups attached to an aromatic ring is 1. The van der Waals surface area contributed by atoms with E-state index in [4.69, 9.17) is 11.0 Å². The fourth-order valence-corrected chi connectivity index (χ4v) is 2.27. The molecule has 0 amide bonds. The number of nitrogens with two attached hydrogens (primary N) is 1. The van der Waals surface area contributed by atoms with Crippen LogP contribution < -0.4 is 15.4 Å². The lowest BCUT2D eigenvalue weighted by Gasteiger charge is -2.20. The minimum atomic E-state index is -3.48. The van der Waals surface area contributed by atoms with Crippen LogP contribution in [0.2, 0.25) is 0 Å². The van der Waals surface area contributed by atoms with E-state index >= 15 is 0 Å². The maximum Gasteiger partial charge on any atom is 0.240 e. The lowest BCUT2D eigenvalue weighted by atomic mass is 10.2. The molecule has 7 heteroatoms. The first-order chi connectivity index (χ1) is 8.42. The number of hydrogen-bond donors (Lipinski definition) is 2. The Morgan fingerprint density at radius 2 is 2.17 bits per heavy atom. The Kier molecular flexibility index (Phi) is 4.53. The summed E-state index contributed by atoms with van der Waals surface area (Å²) in [6.07, 6.45) is 0.381. The summed E-state index contributed by atoms with van der Waals surface area (Å²) in [4.78, 5) is 1.94. The summed E-state index contributed by atoms with van der Waals surface area (Å²) >= 11 is 0. The number of hydrogen-bond acceptors (Lipinski definition) is 5. The number of sulfonamides is 1. The van der Waals surface area contributed by atoms with E-state index in [0.29, 0.717) is 24.3 Å². The first-order valence-electron chi connectivity index (χ1n) is 5.33. The van der Waals surface area contributed by atoms with Gasteiger partial charge >= 0.3 is 0 Å². The maximum atomic E-state index is 11.6. The second-order valence-electron chi connectivity index (χ2n) is 3.76. The summed E-state index contributed by atoms with van der Waals surface area (Å²) in [5, 5.41) is 8.52. The Balaban J connectivity index is 3.04. The van der Waals surface area contributed by atoms with Crippen molar-refractivity contribution in [3.63, 3.8) is 0 Å². The predicted molar refractivity (Wildman–Crippen MR) is 70.6 cm³/mol. The molecule has 0 unspecified atom stereocenters. The third kappa shape index (κ3) is 3.12. The van der Waals surface area contributed by atoms with Crippen molar-refractivity contribution in [1.29, 1.82) is 5.26 Å². The van der Waals surface area contributed by atoms with E-state index in [9.17, 15) is 8.42 Å². The van der Waals surface area contributed by atoms with Crippen LogP contribution in [0.15, 0.2) is 23.1 Å². The molecule has 0 saturated carbocycles. The molecule has 1 rings (SSSR count). The fraction of sp³-hybridized carbons (Fsp3) is 0.364. The molecule has 1 aromatic carbocycles. The Labute approximate surface area is 107 Å². The van der Waals surface area contributed by atoms with Crippen LogP contribution in [-0.2, 0) is 10.0 Å². The second-order valence-corrected chi connectivity index (χ2v) is 5.64. The standard InChI is InChI=1S/C11H16N4O2S/c1-14-18(16,17)9-4-5-11(10(13)8-9)15(2)7-3-6-12/h4-5,8,14H,3,7,13H2,1-2H3. The lowest BCUT2D eigenvalue weighted by molar-refractivity contribution is 0.588. The van der Waals surface area contributed by atoms with Gasteiger partial charge in [-0.25, -0.2) is 13.1 Å². The first kappa shape index (κ1) is 14.3. The van der Waals surface area contributed by atoms with Gasteiger partial charge in [-0.15, -0.1) is 0 Å². The molecule has 0 heterocycles. The van der Waals surface area contributed by atoms with Gasteiger partial charge in [0.15, 0.2) is 0 Å². The minimum Gasteiger partial charge on any atom is -0.397 e. The van der Waals surface area contributed by atoms with E-state index in [0.717, 1.165) is 0 Å². The highest BCUT2D eigenvalue weighted by atomic mass is 32.2. The van der Waals surface area contributed by atoms with Gasteiger partial charge in [0.25, 0.3) is 0 Å². The molecule has 0 aromatic heterocycles. The van der Waals surface area contributed by atoms with Gasteiger partial charge in [-0.3, -0.25) is 0 Å². The summed E-state index contributed by atoms with van der Waals surface area (Å²) in [7, 11) is -0.334. The van der Waals surface area contributed by atoms with Crippen LogP contribution in [-0.4, -0.2) is 29.1 Å². The SMILES string of the molecule is CNS(=O)(=O)c1ccc(N(C)CCC#N)c(N)c1. The van der Waals surface area contributed by atoms with E-state index in [2.05, 4.69) is 4.72 Å². The molecule has 0 fully saturated rings. The number of nitriles is 1. The van der Waals surface area contributed by atoms with E-state index in [1.54, 1.807) is 13.1 Å². The molecule has 0 atom stereocenters. The van der Waals surface area contributed by atoms with Gasteiger partial charge in [-0.1, -0.05) is 0 Å². The van der Waals surface area contributed by atoms with Crippen LogP contribution in [0.5, 0.6) is 0 Å². The fourth-order valence-electron chi connectivity index (χ4n) is 1.50. The van der Waals surface area contributed by atoms with E-state index in [1.807, 2.05) is 11.0 Å². The summed E-state index contributed by atoms with van der Waals surface area (Å²) < 4.78 is 25.4. The largest absolute Gasteiger partial charge is 0.397 e. The molecule has 0 aliphatic carbocycles. The van der Waals surface area contributed by atoms with Crippen LogP contribution in [0, 0.1) is 11.3 Å². The van der Waals surface area contributed by atoms with Crippen LogP contribution >= 0.6 is 0 Å². The number of nitrogens with zero attached hydrogens (tertiary/aromatic N) is 2. The van der Waals surface area contributed by atoms with Crippen LogP contribution in [0.25, 0.3) is 0 Å². The number of anilines is 2. The van der Waals surface area contributed by atoms with Crippen molar-refractivity contribution in [2.45, 2.75) is 11.3 Å². The van der Waals surface area contributed by atoms with Crippen molar-refractivity contribution in [2.75, 3.05) is 31.3 Å². The Morgan fingerprint density at radius 3 is 2.67 bits per heavy atom. The van der Waals surface area contributed by atoms with Gasteiger partial charge in [0.05, 0.1) is 28.8 Å². The molecule has 0 radical (unpaired) electrons. The highest BCUT2D eigenvalue weighted by Gasteiger charge is 2.14. The number of rotatable bonds is 5. The van der Waals surface area contributed by atoms with Gasteiger partial charge in [0.1, 0.15) is 0 Å². The second kappa shape index (κ2) is 5.71. The van der Waals surface area contributed by atoms with E-state index in [-0.39, 0.29) is 4.90 Å². The Bertz CT molecular complexity index is 563. The first-order valence-corrected chi connectivity index (χ1v) is 6.82. The van der Waals surface area contributed by atoms with Crippen molar-refractivity contribution in [1.82, 2.24) is 4.72 Å². The van der Waals surface area contributed by atoms with Gasteiger partial charge in [0, 0.05) is 13.6 Å². The van der Waals surface area contributed by atoms with Gasteiger partial charge < -0.3 is 10.6 Å². The molecular weight excluding hydrogens is 252 g/mol. The topological polar surface area (TPSA) is 99.2 Å². The summed E-state index contributed by atoms with van der Waals surface area (Å²) in [5.41, 5.74) is 6.90. The third-order valence-corrected chi connectivity index (χ3v) is 3.96. The molecule has 0 aliphatic heterocycles. The molecular formula is C11H16N4O2S. The monoisotopic (exact) mass is 268 g/mol. The van der Waals surface area contributed by atoms with E-state index in [1.165, 1.54) is 19.2 Å². The lowest BCUT2D eigenvalue weighted by Crippen LogP contribution is -2.21. The van der Waals surface area contributed by atoms with Crippen molar-refractivity contribution in [2.24, 2.45) is 0 Å². The molecule has 18 heavy (non-hydrogen) atoms. The third-order valence-electron chi connectivity index (χ3n) is 2.55. The van der Waals surface area contributed by atoms with Gasteiger partial charge in [-0.2, -0.15) is 5.26 Å². The molecule has 98 valence electrons. The number of nitrogens with one attached hydrogen (secondary N) is 1. The average molecular weight is 268 g/mol. The maximum absolute atomic E-state index is 11.6. The highest BCUT2D eigenvalue weighted by molar-refractivity contribution is 7.89. The summed E-state index contributed by atoms with van der Waals surface area (Å²) in [6, 6.07) is 6.57. The van der Waals surface area contributed by atoms with Crippen LogP contribution in [0.1, 0.15) is 6.42 Å². The number of benzene rings is 1. The molecule has 0 bridgehead atoms. The normalized spacial score (nSPS) is 10.9. The van der Waals surface area contributed by atoms with Gasteiger partial charge in [0.2, 0.25) is 10.0 Å². The Morgan fingerprint density at radius 1 is 1.50 bits per heavy atom. The van der Waals surface area contributed by atoms with E-state index < -0.39 is 10.0 Å². The minimum absolute atomic E-state index is 0.125. The molecule has 3 N–H and O–H groups in total. The van der Waals surface area contributed by atoms with Crippen molar-refractivity contribution < 1.29 is 8.42 Å². The molecule has 0 saturated heterocycles. The molecule has 0 aliphatic rings. The zero-order chi connectivity index (χ0) is 13.8. The molecule has 6 nitrogen and oxygen atoms in total. The van der Waals surface area contributed by atoms with Crippen LogP contribution in [0.4, 0.5) is 11.4 Å². The van der Waals surface area contributed by atoms with Crippen LogP contribution in [0.3, 0.4) is 0 Å². The highest BCUT2D eigenvalue weighted by Crippen LogP contribution is 2.25. The zero-order valence-electron chi connectivity index (χ0n) is 10.3. The van der Waals surface area contributed by atoms with Crippen molar-refractivity contribution in [3.05, 3.63) is 18.2 Å². The van der Waals surface area contributed by atoms with Crippen molar-refractivity contribution in [3.8, 4) is 6.07 Å². The smallest absolute Gasteiger partial charge is 0.240 e. The quantitative estimate of drug-likeness (QED) is 0.759.